The Balaban J connectivity index is 1.31. The third-order valence-corrected chi connectivity index (χ3v) is 5.07. The number of anilines is 1. The summed E-state index contributed by atoms with van der Waals surface area (Å²) in [5.74, 6) is 0.216. The maximum Gasteiger partial charge on any atom is 0.223 e. The van der Waals surface area contributed by atoms with Crippen LogP contribution in [-0.4, -0.2) is 51.4 Å². The van der Waals surface area contributed by atoms with Crippen LogP contribution >= 0.6 is 0 Å². The van der Waals surface area contributed by atoms with Crippen LogP contribution in [0.2, 0.25) is 0 Å². The summed E-state index contributed by atoms with van der Waals surface area (Å²) < 4.78 is 2.00. The number of nitrogens with zero attached hydrogens (tertiary/aromatic N) is 5. The second-order valence-corrected chi connectivity index (χ2v) is 7.17. The van der Waals surface area contributed by atoms with Crippen LogP contribution in [0, 0.1) is 13.8 Å². The van der Waals surface area contributed by atoms with Gasteiger partial charge >= 0.3 is 0 Å². The first-order chi connectivity index (χ1) is 13.1. The highest BCUT2D eigenvalue weighted by molar-refractivity contribution is 5.76. The minimum atomic E-state index is 0.216. The molecule has 27 heavy (non-hydrogen) atoms. The molecule has 0 atom stereocenters. The van der Waals surface area contributed by atoms with Gasteiger partial charge in [-0.05, 0) is 44.5 Å². The molecule has 1 amide bonds. The van der Waals surface area contributed by atoms with Crippen molar-refractivity contribution in [2.45, 2.75) is 26.7 Å². The number of amides is 1. The lowest BCUT2D eigenvalue weighted by Crippen LogP contribution is -2.48. The summed E-state index contributed by atoms with van der Waals surface area (Å²) in [5, 5.41) is 0. The van der Waals surface area contributed by atoms with Crippen molar-refractivity contribution >= 4 is 17.2 Å². The highest BCUT2D eigenvalue weighted by Crippen LogP contribution is 2.19. The second kappa shape index (κ2) is 7.39. The first-order valence-electron chi connectivity index (χ1n) is 9.49. The molecule has 6 nitrogen and oxygen atoms in total. The Morgan fingerprint density at radius 1 is 1.04 bits per heavy atom. The summed E-state index contributed by atoms with van der Waals surface area (Å²) in [6, 6.07) is 10.2. The number of carbonyl (C=O) groups excluding carboxylic acids is 1. The van der Waals surface area contributed by atoms with Crippen molar-refractivity contribution in [2.75, 3.05) is 31.1 Å². The monoisotopic (exact) mass is 363 g/mol. The zero-order valence-electron chi connectivity index (χ0n) is 15.9. The lowest BCUT2D eigenvalue weighted by molar-refractivity contribution is -0.131. The summed E-state index contributed by atoms with van der Waals surface area (Å²) >= 11 is 0. The van der Waals surface area contributed by atoms with Gasteiger partial charge in [0.15, 0.2) is 0 Å². The fourth-order valence-electron chi connectivity index (χ4n) is 3.71. The zero-order valence-corrected chi connectivity index (χ0v) is 15.9. The summed E-state index contributed by atoms with van der Waals surface area (Å²) in [5.41, 5.74) is 5.18. The summed E-state index contributed by atoms with van der Waals surface area (Å²) in [6.07, 6.45) is 5.19. The summed E-state index contributed by atoms with van der Waals surface area (Å²) in [7, 11) is 0. The molecule has 0 bridgehead atoms. The van der Waals surface area contributed by atoms with E-state index in [2.05, 4.69) is 27.0 Å². The maximum atomic E-state index is 12.6. The third kappa shape index (κ3) is 3.94. The van der Waals surface area contributed by atoms with Gasteiger partial charge in [0.05, 0.1) is 5.69 Å². The van der Waals surface area contributed by atoms with E-state index in [1.807, 2.05) is 53.7 Å². The van der Waals surface area contributed by atoms with Gasteiger partial charge in [-0.2, -0.15) is 0 Å². The van der Waals surface area contributed by atoms with Gasteiger partial charge in [0.25, 0.3) is 0 Å². The van der Waals surface area contributed by atoms with E-state index < -0.39 is 0 Å². The highest BCUT2D eigenvalue weighted by Gasteiger charge is 2.21. The van der Waals surface area contributed by atoms with Crippen LogP contribution in [0.5, 0.6) is 0 Å². The van der Waals surface area contributed by atoms with E-state index in [-0.39, 0.29) is 5.91 Å². The molecule has 3 aromatic rings. The van der Waals surface area contributed by atoms with Gasteiger partial charge in [0, 0.05) is 62.1 Å². The van der Waals surface area contributed by atoms with Crippen molar-refractivity contribution in [1.29, 1.82) is 0 Å². The zero-order chi connectivity index (χ0) is 18.8. The fourth-order valence-corrected chi connectivity index (χ4v) is 3.71. The predicted molar refractivity (Wildman–Crippen MR) is 106 cm³/mol. The Morgan fingerprint density at radius 2 is 1.78 bits per heavy atom. The van der Waals surface area contributed by atoms with Gasteiger partial charge in [0.1, 0.15) is 5.65 Å². The number of carbonyl (C=O) groups is 1. The molecule has 140 valence electrons. The molecule has 3 aromatic heterocycles. The molecule has 4 heterocycles. The molecule has 0 aliphatic carbocycles. The van der Waals surface area contributed by atoms with Crippen LogP contribution in [0.15, 0.2) is 42.7 Å². The Hall–Kier alpha value is -2.89. The van der Waals surface area contributed by atoms with Gasteiger partial charge in [-0.25, -0.2) is 4.98 Å². The molecule has 1 aliphatic heterocycles. The molecule has 0 saturated carbocycles. The van der Waals surface area contributed by atoms with Gasteiger partial charge in [-0.3, -0.25) is 9.78 Å². The van der Waals surface area contributed by atoms with Crippen LogP contribution in [-0.2, 0) is 11.2 Å². The molecule has 1 saturated heterocycles. The van der Waals surface area contributed by atoms with E-state index in [1.54, 1.807) is 0 Å². The second-order valence-electron chi connectivity index (χ2n) is 7.17. The van der Waals surface area contributed by atoms with Crippen molar-refractivity contribution in [3.63, 3.8) is 0 Å². The highest BCUT2D eigenvalue weighted by atomic mass is 16.2. The van der Waals surface area contributed by atoms with Crippen LogP contribution < -0.4 is 4.90 Å². The van der Waals surface area contributed by atoms with E-state index in [4.69, 9.17) is 0 Å². The van der Waals surface area contributed by atoms with Crippen molar-refractivity contribution in [2.24, 2.45) is 0 Å². The van der Waals surface area contributed by atoms with Crippen molar-refractivity contribution in [3.05, 3.63) is 59.8 Å². The van der Waals surface area contributed by atoms with Gasteiger partial charge < -0.3 is 14.2 Å². The summed E-state index contributed by atoms with van der Waals surface area (Å²) in [4.78, 5) is 25.9. The number of aryl methyl sites for hydroxylation is 3. The quantitative estimate of drug-likeness (QED) is 0.715. The molecule has 0 aromatic carbocycles. The number of aromatic nitrogens is 3. The topological polar surface area (TPSA) is 53.7 Å². The molecule has 4 rings (SSSR count). The van der Waals surface area contributed by atoms with Crippen molar-refractivity contribution < 1.29 is 4.79 Å². The lowest BCUT2D eigenvalue weighted by Gasteiger charge is -2.36. The van der Waals surface area contributed by atoms with Crippen LogP contribution in [0.25, 0.3) is 5.65 Å². The minimum absolute atomic E-state index is 0.216. The van der Waals surface area contributed by atoms with Crippen molar-refractivity contribution in [3.8, 4) is 0 Å². The minimum Gasteiger partial charge on any atom is -0.368 e. The summed E-state index contributed by atoms with van der Waals surface area (Å²) in [6.45, 7) is 7.31. The molecular formula is C21H25N5O. The standard InChI is InChI=1S/C21H25N5O/c1-16-13-19(14-17(2)22-16)24-9-11-25(12-10-24)21(27)7-6-18-15-26-8-4-3-5-20(26)23-18/h3-5,8,13-15H,6-7,9-12H2,1-2H3. The predicted octanol–water partition coefficient (Wildman–Crippen LogP) is 2.63. The van der Waals surface area contributed by atoms with E-state index in [0.717, 1.165) is 48.9 Å². The molecular weight excluding hydrogens is 338 g/mol. The number of imidazole rings is 1. The average molecular weight is 363 g/mol. The number of rotatable bonds is 4. The number of fused-ring (bicyclic) bond motifs is 1. The SMILES string of the molecule is Cc1cc(N2CCN(C(=O)CCc3cn4ccccc4n3)CC2)cc(C)n1. The largest absolute Gasteiger partial charge is 0.368 e. The van der Waals surface area contributed by atoms with Crippen LogP contribution in [0.4, 0.5) is 5.69 Å². The lowest BCUT2D eigenvalue weighted by atomic mass is 10.2. The first kappa shape index (κ1) is 17.5. The van der Waals surface area contributed by atoms with E-state index in [9.17, 15) is 4.79 Å². The Bertz CT molecular complexity index is 903. The van der Waals surface area contributed by atoms with Gasteiger partial charge in [0.2, 0.25) is 5.91 Å². The van der Waals surface area contributed by atoms with Gasteiger partial charge in [-0.1, -0.05) is 6.07 Å². The fraction of sp³-hybridized carbons (Fsp3) is 0.381. The number of piperazine rings is 1. The average Bonchev–Trinajstić information content (AvgIpc) is 3.08. The Labute approximate surface area is 159 Å². The molecule has 0 N–H and O–H groups in total. The number of hydrogen-bond acceptors (Lipinski definition) is 4. The Morgan fingerprint density at radius 3 is 2.48 bits per heavy atom. The smallest absolute Gasteiger partial charge is 0.223 e. The van der Waals surface area contributed by atoms with Crippen LogP contribution in [0.3, 0.4) is 0 Å². The van der Waals surface area contributed by atoms with Gasteiger partial charge in [-0.15, -0.1) is 0 Å². The number of pyridine rings is 2. The van der Waals surface area contributed by atoms with E-state index in [0.29, 0.717) is 12.8 Å². The first-order valence-corrected chi connectivity index (χ1v) is 9.49. The molecule has 6 heteroatoms. The molecule has 1 fully saturated rings. The molecule has 0 unspecified atom stereocenters. The number of hydrogen-bond donors (Lipinski definition) is 0. The molecule has 0 radical (unpaired) electrons. The normalized spacial score (nSPS) is 14.7. The molecule has 1 aliphatic rings. The third-order valence-electron chi connectivity index (χ3n) is 5.07. The van der Waals surface area contributed by atoms with E-state index in [1.165, 1.54) is 5.69 Å². The Kier molecular flexibility index (Phi) is 4.79. The van der Waals surface area contributed by atoms with Crippen molar-refractivity contribution in [1.82, 2.24) is 19.3 Å². The maximum absolute atomic E-state index is 12.6. The van der Waals surface area contributed by atoms with E-state index >= 15 is 0 Å². The van der Waals surface area contributed by atoms with Crippen LogP contribution in [0.1, 0.15) is 23.5 Å². The molecule has 0 spiro atoms.